The summed E-state index contributed by atoms with van der Waals surface area (Å²) in [6, 6.07) is 12.4. The number of halogens is 1. The van der Waals surface area contributed by atoms with Gasteiger partial charge in [0, 0.05) is 21.4 Å². The lowest BCUT2D eigenvalue weighted by molar-refractivity contribution is 0.413. The van der Waals surface area contributed by atoms with Gasteiger partial charge in [0.15, 0.2) is 0 Å². The van der Waals surface area contributed by atoms with Gasteiger partial charge >= 0.3 is 0 Å². The van der Waals surface area contributed by atoms with Crippen LogP contribution in [-0.4, -0.2) is 32.6 Å². The minimum absolute atomic E-state index is 0.778. The van der Waals surface area contributed by atoms with Crippen molar-refractivity contribution < 1.29 is 4.74 Å². The van der Waals surface area contributed by atoms with Crippen LogP contribution in [0.1, 0.15) is 17.5 Å². The summed E-state index contributed by atoms with van der Waals surface area (Å²) in [4.78, 5) is 4.67. The highest BCUT2D eigenvalue weighted by molar-refractivity contribution is 7.99. The standard InChI is InChI=1S/C19H20ClNOS/c1-21(2)10-4-5-15-16-8-7-14(22-3)12-19(16)23-18-9-6-13(20)11-17(15)18/h5-9,11-12H,4,10H2,1-3H3/b15-5-. The predicted molar refractivity (Wildman–Crippen MR) is 98.8 cm³/mol. The fourth-order valence-electron chi connectivity index (χ4n) is 2.69. The molecule has 0 atom stereocenters. The molecule has 0 fully saturated rings. The van der Waals surface area contributed by atoms with Gasteiger partial charge in [-0.2, -0.15) is 0 Å². The van der Waals surface area contributed by atoms with Crippen LogP contribution in [0.25, 0.3) is 5.57 Å². The van der Waals surface area contributed by atoms with Crippen LogP contribution in [0.3, 0.4) is 0 Å². The molecule has 0 unspecified atom stereocenters. The highest BCUT2D eigenvalue weighted by atomic mass is 35.5. The maximum atomic E-state index is 6.24. The van der Waals surface area contributed by atoms with Crippen molar-refractivity contribution in [1.82, 2.24) is 4.90 Å². The zero-order chi connectivity index (χ0) is 16.4. The summed E-state index contributed by atoms with van der Waals surface area (Å²) in [5, 5.41) is 0.778. The maximum absolute atomic E-state index is 6.24. The molecule has 0 saturated carbocycles. The van der Waals surface area contributed by atoms with E-state index in [9.17, 15) is 0 Å². The van der Waals surface area contributed by atoms with E-state index in [-0.39, 0.29) is 0 Å². The Morgan fingerprint density at radius 2 is 1.91 bits per heavy atom. The van der Waals surface area contributed by atoms with Crippen LogP contribution in [-0.2, 0) is 0 Å². The number of methoxy groups -OCH3 is 1. The lowest BCUT2D eigenvalue weighted by atomic mass is 9.96. The van der Waals surface area contributed by atoms with Gasteiger partial charge in [-0.15, -0.1) is 0 Å². The summed E-state index contributed by atoms with van der Waals surface area (Å²) >= 11 is 8.01. The molecule has 4 heteroatoms. The molecule has 2 aromatic carbocycles. The molecule has 0 aliphatic carbocycles. The van der Waals surface area contributed by atoms with Crippen molar-refractivity contribution >= 4 is 28.9 Å². The number of nitrogens with zero attached hydrogens (tertiary/aromatic N) is 1. The smallest absolute Gasteiger partial charge is 0.120 e. The maximum Gasteiger partial charge on any atom is 0.120 e. The molecule has 0 amide bonds. The molecule has 2 nitrogen and oxygen atoms in total. The Bertz CT molecular complexity index is 755. The summed E-state index contributed by atoms with van der Waals surface area (Å²) in [5.41, 5.74) is 3.74. The largest absolute Gasteiger partial charge is 0.497 e. The summed E-state index contributed by atoms with van der Waals surface area (Å²) in [6.45, 7) is 1.03. The normalized spacial score (nSPS) is 14.7. The number of fused-ring (bicyclic) bond motifs is 2. The third kappa shape index (κ3) is 3.57. The van der Waals surface area contributed by atoms with Gasteiger partial charge in [0.2, 0.25) is 0 Å². The molecular formula is C19H20ClNOS. The minimum Gasteiger partial charge on any atom is -0.497 e. The Morgan fingerprint density at radius 3 is 2.65 bits per heavy atom. The summed E-state index contributed by atoms with van der Waals surface area (Å²) in [7, 11) is 5.90. The van der Waals surface area contributed by atoms with Gasteiger partial charge in [0.05, 0.1) is 7.11 Å². The second-order valence-electron chi connectivity index (χ2n) is 5.81. The summed E-state index contributed by atoms with van der Waals surface area (Å²) in [6.07, 6.45) is 3.32. The van der Waals surface area contributed by atoms with Crippen molar-refractivity contribution in [2.75, 3.05) is 27.7 Å². The van der Waals surface area contributed by atoms with Crippen molar-refractivity contribution in [2.45, 2.75) is 16.2 Å². The van der Waals surface area contributed by atoms with Crippen LogP contribution in [0.2, 0.25) is 5.02 Å². The number of rotatable bonds is 4. The first kappa shape index (κ1) is 16.4. The average Bonchev–Trinajstić information content (AvgIpc) is 2.53. The summed E-state index contributed by atoms with van der Waals surface area (Å²) < 4.78 is 5.37. The predicted octanol–water partition coefficient (Wildman–Crippen LogP) is 5.20. The highest BCUT2D eigenvalue weighted by Crippen LogP contribution is 2.47. The van der Waals surface area contributed by atoms with E-state index in [1.54, 1.807) is 18.9 Å². The van der Waals surface area contributed by atoms with E-state index in [1.165, 1.54) is 26.5 Å². The van der Waals surface area contributed by atoms with E-state index in [1.807, 2.05) is 12.1 Å². The number of benzene rings is 2. The van der Waals surface area contributed by atoms with Crippen molar-refractivity contribution in [1.29, 1.82) is 0 Å². The minimum atomic E-state index is 0.778. The van der Waals surface area contributed by atoms with Crippen LogP contribution in [0.15, 0.2) is 52.3 Å². The fraction of sp³-hybridized carbons (Fsp3) is 0.263. The van der Waals surface area contributed by atoms with E-state index in [0.29, 0.717) is 0 Å². The zero-order valence-electron chi connectivity index (χ0n) is 13.6. The van der Waals surface area contributed by atoms with Gasteiger partial charge in [0.25, 0.3) is 0 Å². The Morgan fingerprint density at radius 1 is 1.09 bits per heavy atom. The lowest BCUT2D eigenvalue weighted by Crippen LogP contribution is -2.12. The van der Waals surface area contributed by atoms with Crippen LogP contribution >= 0.6 is 23.4 Å². The number of hydrogen-bond donors (Lipinski definition) is 0. The van der Waals surface area contributed by atoms with Gasteiger partial charge in [-0.05, 0) is 73.6 Å². The van der Waals surface area contributed by atoms with E-state index >= 15 is 0 Å². The molecule has 1 aliphatic rings. The van der Waals surface area contributed by atoms with Crippen molar-refractivity contribution in [2.24, 2.45) is 0 Å². The molecule has 0 bridgehead atoms. The first-order valence-corrected chi connectivity index (χ1v) is 8.79. The van der Waals surface area contributed by atoms with Gasteiger partial charge in [-0.25, -0.2) is 0 Å². The van der Waals surface area contributed by atoms with E-state index in [4.69, 9.17) is 16.3 Å². The SMILES string of the molecule is COc1ccc2c(c1)Sc1ccc(Cl)cc1/C2=C\CCN(C)C. The van der Waals surface area contributed by atoms with Gasteiger partial charge in [0.1, 0.15) is 5.75 Å². The van der Waals surface area contributed by atoms with Gasteiger partial charge < -0.3 is 9.64 Å². The Labute approximate surface area is 147 Å². The van der Waals surface area contributed by atoms with Crippen molar-refractivity contribution in [3.8, 4) is 5.75 Å². The molecule has 120 valence electrons. The molecule has 1 heterocycles. The zero-order valence-corrected chi connectivity index (χ0v) is 15.2. The Balaban J connectivity index is 2.07. The second-order valence-corrected chi connectivity index (χ2v) is 7.33. The van der Waals surface area contributed by atoms with Gasteiger partial charge in [-0.1, -0.05) is 29.4 Å². The van der Waals surface area contributed by atoms with Crippen LogP contribution < -0.4 is 4.74 Å². The lowest BCUT2D eigenvalue weighted by Gasteiger charge is -2.23. The van der Waals surface area contributed by atoms with Gasteiger partial charge in [-0.3, -0.25) is 0 Å². The van der Waals surface area contributed by atoms with Crippen molar-refractivity contribution in [3.63, 3.8) is 0 Å². The molecule has 0 saturated heterocycles. The molecular weight excluding hydrogens is 326 g/mol. The van der Waals surface area contributed by atoms with Crippen molar-refractivity contribution in [3.05, 3.63) is 58.6 Å². The average molecular weight is 346 g/mol. The molecule has 0 radical (unpaired) electrons. The molecule has 0 spiro atoms. The quantitative estimate of drug-likeness (QED) is 0.645. The number of ether oxygens (including phenoxy) is 1. The monoisotopic (exact) mass is 345 g/mol. The molecule has 0 N–H and O–H groups in total. The van der Waals surface area contributed by atoms with E-state index in [2.05, 4.69) is 49.3 Å². The third-order valence-corrected chi connectivity index (χ3v) is 5.22. The van der Waals surface area contributed by atoms with Crippen LogP contribution in [0.5, 0.6) is 5.75 Å². The summed E-state index contributed by atoms with van der Waals surface area (Å²) in [5.74, 6) is 0.890. The van der Waals surface area contributed by atoms with Crippen LogP contribution in [0, 0.1) is 0 Å². The molecule has 2 aromatic rings. The van der Waals surface area contributed by atoms with Crippen LogP contribution in [0.4, 0.5) is 0 Å². The molecule has 23 heavy (non-hydrogen) atoms. The first-order chi connectivity index (χ1) is 11.1. The number of hydrogen-bond acceptors (Lipinski definition) is 3. The molecule has 1 aliphatic heterocycles. The molecule has 3 rings (SSSR count). The topological polar surface area (TPSA) is 12.5 Å². The molecule has 0 aromatic heterocycles. The van der Waals surface area contributed by atoms with E-state index in [0.717, 1.165) is 23.7 Å². The van der Waals surface area contributed by atoms with E-state index < -0.39 is 0 Å². The highest BCUT2D eigenvalue weighted by Gasteiger charge is 2.21. The first-order valence-electron chi connectivity index (χ1n) is 7.59. The second kappa shape index (κ2) is 7.00. The Kier molecular flexibility index (Phi) is 5.00. The third-order valence-electron chi connectivity index (χ3n) is 3.86. The fourth-order valence-corrected chi connectivity index (χ4v) is 3.98. The Hall–Kier alpha value is -1.42.